The molecule has 2 aromatic rings. The standard InChI is InChI=1S/C15H10F4N2/c1-9-2-5-13(10(6-9)8-20)21-14-7-11(15(17,18)19)3-4-12(14)16/h2-7,21H,1H3. The maximum absolute atomic E-state index is 13.6. The minimum absolute atomic E-state index is 0.229. The van der Waals surface area contributed by atoms with Crippen molar-refractivity contribution >= 4 is 11.4 Å². The van der Waals surface area contributed by atoms with E-state index in [-0.39, 0.29) is 16.9 Å². The Labute approximate surface area is 118 Å². The van der Waals surface area contributed by atoms with E-state index in [2.05, 4.69) is 5.32 Å². The Morgan fingerprint density at radius 3 is 2.38 bits per heavy atom. The summed E-state index contributed by atoms with van der Waals surface area (Å²) >= 11 is 0. The topological polar surface area (TPSA) is 35.8 Å². The minimum Gasteiger partial charge on any atom is -0.352 e. The van der Waals surface area contributed by atoms with Crippen LogP contribution in [0.2, 0.25) is 0 Å². The summed E-state index contributed by atoms with van der Waals surface area (Å²) in [6.07, 6.45) is -4.56. The van der Waals surface area contributed by atoms with Crippen molar-refractivity contribution in [2.45, 2.75) is 13.1 Å². The second kappa shape index (κ2) is 5.44. The van der Waals surface area contributed by atoms with Crippen molar-refractivity contribution in [3.63, 3.8) is 0 Å². The van der Waals surface area contributed by atoms with Crippen LogP contribution in [0.1, 0.15) is 16.7 Å². The van der Waals surface area contributed by atoms with Crippen LogP contribution in [-0.2, 0) is 6.18 Å². The van der Waals surface area contributed by atoms with Crippen molar-refractivity contribution in [3.05, 3.63) is 58.9 Å². The SMILES string of the molecule is Cc1ccc(Nc2cc(C(F)(F)F)ccc2F)c(C#N)c1. The highest BCUT2D eigenvalue weighted by atomic mass is 19.4. The van der Waals surface area contributed by atoms with E-state index in [4.69, 9.17) is 5.26 Å². The molecule has 0 fully saturated rings. The van der Waals surface area contributed by atoms with Gasteiger partial charge in [-0.15, -0.1) is 0 Å². The van der Waals surface area contributed by atoms with E-state index in [0.717, 1.165) is 11.6 Å². The van der Waals surface area contributed by atoms with E-state index < -0.39 is 17.6 Å². The summed E-state index contributed by atoms with van der Waals surface area (Å²) < 4.78 is 51.5. The molecule has 0 radical (unpaired) electrons. The lowest BCUT2D eigenvalue weighted by Gasteiger charge is -2.13. The van der Waals surface area contributed by atoms with Gasteiger partial charge in [-0.2, -0.15) is 18.4 Å². The van der Waals surface area contributed by atoms with Gasteiger partial charge in [0.05, 0.1) is 22.5 Å². The molecule has 0 heterocycles. The molecule has 0 unspecified atom stereocenters. The van der Waals surface area contributed by atoms with Crippen LogP contribution >= 0.6 is 0 Å². The van der Waals surface area contributed by atoms with Crippen molar-refractivity contribution < 1.29 is 17.6 Å². The summed E-state index contributed by atoms with van der Waals surface area (Å²) in [7, 11) is 0. The van der Waals surface area contributed by atoms with Gasteiger partial charge in [0.25, 0.3) is 0 Å². The largest absolute Gasteiger partial charge is 0.416 e. The van der Waals surface area contributed by atoms with Crippen molar-refractivity contribution in [1.82, 2.24) is 0 Å². The predicted octanol–water partition coefficient (Wildman–Crippen LogP) is 4.77. The zero-order chi connectivity index (χ0) is 15.6. The lowest BCUT2D eigenvalue weighted by Crippen LogP contribution is -2.06. The third kappa shape index (κ3) is 3.31. The highest BCUT2D eigenvalue weighted by Gasteiger charge is 2.31. The van der Waals surface area contributed by atoms with Gasteiger partial charge in [0.2, 0.25) is 0 Å². The summed E-state index contributed by atoms with van der Waals surface area (Å²) in [5.41, 5.74) is 0.0111. The number of hydrogen-bond acceptors (Lipinski definition) is 2. The molecule has 0 aliphatic heterocycles. The molecule has 0 aromatic heterocycles. The maximum Gasteiger partial charge on any atom is 0.416 e. The van der Waals surface area contributed by atoms with Crippen LogP contribution in [-0.4, -0.2) is 0 Å². The summed E-state index contributed by atoms with van der Waals surface area (Å²) in [6.45, 7) is 1.77. The lowest BCUT2D eigenvalue weighted by atomic mass is 10.1. The van der Waals surface area contributed by atoms with E-state index in [0.29, 0.717) is 12.1 Å². The molecule has 0 amide bonds. The number of nitriles is 1. The lowest BCUT2D eigenvalue weighted by molar-refractivity contribution is -0.137. The van der Waals surface area contributed by atoms with E-state index in [1.54, 1.807) is 19.1 Å². The van der Waals surface area contributed by atoms with E-state index in [9.17, 15) is 17.6 Å². The van der Waals surface area contributed by atoms with Crippen molar-refractivity contribution in [2.75, 3.05) is 5.32 Å². The monoisotopic (exact) mass is 294 g/mol. The van der Waals surface area contributed by atoms with Crippen LogP contribution in [0.25, 0.3) is 0 Å². The smallest absolute Gasteiger partial charge is 0.352 e. The first-order valence-electron chi connectivity index (χ1n) is 5.96. The number of anilines is 2. The molecule has 2 aromatic carbocycles. The number of hydrogen-bond donors (Lipinski definition) is 1. The fourth-order valence-electron chi connectivity index (χ4n) is 1.80. The Kier molecular flexibility index (Phi) is 3.85. The van der Waals surface area contributed by atoms with Gasteiger partial charge in [0.1, 0.15) is 11.9 Å². The van der Waals surface area contributed by atoms with Crippen molar-refractivity contribution in [3.8, 4) is 6.07 Å². The molecule has 0 atom stereocenters. The molecule has 21 heavy (non-hydrogen) atoms. The molecule has 108 valence electrons. The summed E-state index contributed by atoms with van der Waals surface area (Å²) in [6, 6.07) is 8.76. The predicted molar refractivity (Wildman–Crippen MR) is 70.6 cm³/mol. The van der Waals surface area contributed by atoms with Crippen LogP contribution in [0.15, 0.2) is 36.4 Å². The van der Waals surface area contributed by atoms with Crippen LogP contribution in [0, 0.1) is 24.1 Å². The Balaban J connectivity index is 2.43. The van der Waals surface area contributed by atoms with Crippen molar-refractivity contribution in [2.24, 2.45) is 0 Å². The van der Waals surface area contributed by atoms with Gasteiger partial charge in [-0.3, -0.25) is 0 Å². The summed E-state index contributed by atoms with van der Waals surface area (Å²) in [4.78, 5) is 0. The number of rotatable bonds is 2. The maximum atomic E-state index is 13.6. The molecule has 0 saturated heterocycles. The molecule has 6 heteroatoms. The van der Waals surface area contributed by atoms with Crippen LogP contribution in [0.3, 0.4) is 0 Å². The molecule has 0 spiro atoms. The Hall–Kier alpha value is -2.55. The van der Waals surface area contributed by atoms with Gasteiger partial charge in [-0.25, -0.2) is 4.39 Å². The Bertz CT molecular complexity index is 715. The molecule has 2 rings (SSSR count). The number of aryl methyl sites for hydroxylation is 1. The third-order valence-electron chi connectivity index (χ3n) is 2.86. The van der Waals surface area contributed by atoms with Gasteiger partial charge < -0.3 is 5.32 Å². The molecule has 2 nitrogen and oxygen atoms in total. The molecule has 1 N–H and O–H groups in total. The third-order valence-corrected chi connectivity index (χ3v) is 2.86. The minimum atomic E-state index is -4.56. The molecule has 0 aliphatic rings. The second-order valence-electron chi connectivity index (χ2n) is 4.48. The van der Waals surface area contributed by atoms with Crippen molar-refractivity contribution in [1.29, 1.82) is 5.26 Å². The van der Waals surface area contributed by atoms with Gasteiger partial charge in [0.15, 0.2) is 0 Å². The van der Waals surface area contributed by atoms with Gasteiger partial charge in [0, 0.05) is 0 Å². The van der Waals surface area contributed by atoms with Gasteiger partial charge in [-0.1, -0.05) is 6.07 Å². The van der Waals surface area contributed by atoms with Gasteiger partial charge in [-0.05, 0) is 42.8 Å². The molecule has 0 aliphatic carbocycles. The zero-order valence-corrected chi connectivity index (χ0v) is 10.9. The Morgan fingerprint density at radius 2 is 1.76 bits per heavy atom. The molecule has 0 bridgehead atoms. The highest BCUT2D eigenvalue weighted by molar-refractivity contribution is 5.67. The van der Waals surface area contributed by atoms with Crippen LogP contribution in [0.5, 0.6) is 0 Å². The van der Waals surface area contributed by atoms with Crippen LogP contribution in [0.4, 0.5) is 28.9 Å². The van der Waals surface area contributed by atoms with E-state index in [1.165, 1.54) is 6.07 Å². The van der Waals surface area contributed by atoms with Crippen LogP contribution < -0.4 is 5.32 Å². The van der Waals surface area contributed by atoms with Gasteiger partial charge >= 0.3 is 6.18 Å². The average molecular weight is 294 g/mol. The normalized spacial score (nSPS) is 11.0. The number of nitrogens with one attached hydrogen (secondary N) is 1. The van der Waals surface area contributed by atoms with E-state index in [1.807, 2.05) is 6.07 Å². The quantitative estimate of drug-likeness (QED) is 0.810. The first-order valence-corrected chi connectivity index (χ1v) is 5.96. The van der Waals surface area contributed by atoms with E-state index >= 15 is 0 Å². The Morgan fingerprint density at radius 1 is 1.05 bits per heavy atom. The fraction of sp³-hybridized carbons (Fsp3) is 0.133. The number of alkyl halides is 3. The average Bonchev–Trinajstić information content (AvgIpc) is 2.41. The molecule has 0 saturated carbocycles. The molecular formula is C15H10F4N2. The summed E-state index contributed by atoms with van der Waals surface area (Å²) in [5.74, 6) is -0.826. The number of benzene rings is 2. The first-order chi connectivity index (χ1) is 9.81. The number of halogens is 4. The first kappa shape index (κ1) is 14.9. The number of nitrogens with zero attached hydrogens (tertiary/aromatic N) is 1. The fourth-order valence-corrected chi connectivity index (χ4v) is 1.80. The second-order valence-corrected chi connectivity index (χ2v) is 4.48. The zero-order valence-electron chi connectivity index (χ0n) is 10.9. The highest BCUT2D eigenvalue weighted by Crippen LogP contribution is 2.33. The molecular weight excluding hydrogens is 284 g/mol. The summed E-state index contributed by atoms with van der Waals surface area (Å²) in [5, 5.41) is 11.5.